The van der Waals surface area contributed by atoms with Crippen LogP contribution >= 0.6 is 0 Å². The van der Waals surface area contributed by atoms with E-state index in [-0.39, 0.29) is 57.3 Å². The van der Waals surface area contributed by atoms with Crippen molar-refractivity contribution in [3.63, 3.8) is 0 Å². The van der Waals surface area contributed by atoms with E-state index in [1.54, 1.807) is 6.92 Å². The van der Waals surface area contributed by atoms with E-state index in [9.17, 15) is 14.4 Å². The Labute approximate surface area is 265 Å². The number of amides is 1. The van der Waals surface area contributed by atoms with Gasteiger partial charge in [0.1, 0.15) is 6.10 Å². The molecule has 0 aromatic heterocycles. The van der Waals surface area contributed by atoms with E-state index in [0.29, 0.717) is 18.3 Å². The molecule has 6 rings (SSSR count). The third-order valence-corrected chi connectivity index (χ3v) is 14.5. The molecule has 1 amide bonds. The van der Waals surface area contributed by atoms with Crippen LogP contribution in [0.15, 0.2) is 35.4 Å². The van der Waals surface area contributed by atoms with Crippen LogP contribution in [-0.2, 0) is 19.1 Å². The molecule has 5 aliphatic rings. The summed E-state index contributed by atoms with van der Waals surface area (Å²) in [5.41, 5.74) is 3.49. The molecule has 5 heteroatoms. The molecule has 5 aliphatic carbocycles. The van der Waals surface area contributed by atoms with Crippen LogP contribution in [0.5, 0.6) is 0 Å². The van der Waals surface area contributed by atoms with Crippen LogP contribution in [0.2, 0.25) is 0 Å². The first-order chi connectivity index (χ1) is 20.5. The van der Waals surface area contributed by atoms with Crippen LogP contribution < -0.4 is 5.32 Å². The van der Waals surface area contributed by atoms with Crippen LogP contribution in [0.25, 0.3) is 0 Å². The van der Waals surface area contributed by atoms with Crippen molar-refractivity contribution in [2.24, 2.45) is 50.7 Å². The highest BCUT2D eigenvalue weighted by Crippen LogP contribution is 2.76. The number of ketones is 1. The predicted molar refractivity (Wildman–Crippen MR) is 175 cm³/mol. The molecule has 0 aliphatic heterocycles. The largest absolute Gasteiger partial charge is 0.462 e. The zero-order chi connectivity index (χ0) is 32.0. The lowest BCUT2D eigenvalue weighted by Crippen LogP contribution is -2.66. The lowest BCUT2D eigenvalue weighted by molar-refractivity contribution is -0.232. The van der Waals surface area contributed by atoms with Crippen LogP contribution in [0.1, 0.15) is 119 Å². The third-order valence-electron chi connectivity index (χ3n) is 14.5. The summed E-state index contributed by atoms with van der Waals surface area (Å²) in [6, 6.07) is 7.97. The SMILES string of the molecule is CC(=O)O[C@H]1CC[C@]2(C)[C@H]3CC[C@@H]4C5=C(C(C)C)C(=O)C[C@]5(C(=O)Nc5ccccc5C)CC[C@@]4(C)[C@]3(C)CC[C@H]2C1(C)C. The minimum atomic E-state index is -0.752. The quantitative estimate of drug-likeness (QED) is 0.350. The van der Waals surface area contributed by atoms with Gasteiger partial charge in [0.25, 0.3) is 0 Å². The first-order valence-corrected chi connectivity index (χ1v) is 17.3. The minimum absolute atomic E-state index is 0.00725. The van der Waals surface area contributed by atoms with Crippen molar-refractivity contribution in [1.82, 2.24) is 0 Å². The second kappa shape index (κ2) is 10.3. The maximum atomic E-state index is 14.5. The van der Waals surface area contributed by atoms with Gasteiger partial charge in [-0.05, 0) is 121 Å². The molecule has 1 N–H and O–H groups in total. The second-order valence-corrected chi connectivity index (χ2v) is 17.0. The average Bonchev–Trinajstić information content (AvgIpc) is 3.25. The van der Waals surface area contributed by atoms with Gasteiger partial charge < -0.3 is 10.1 Å². The van der Waals surface area contributed by atoms with Gasteiger partial charge in [-0.25, -0.2) is 0 Å². The number of esters is 1. The monoisotopic (exact) mass is 601 g/mol. The Kier molecular flexibility index (Phi) is 7.38. The summed E-state index contributed by atoms with van der Waals surface area (Å²) in [5, 5.41) is 3.30. The Morgan fingerprint density at radius 2 is 1.59 bits per heavy atom. The summed E-state index contributed by atoms with van der Waals surface area (Å²) in [6.45, 7) is 20.2. The van der Waals surface area contributed by atoms with Crippen LogP contribution in [-0.4, -0.2) is 23.8 Å². The lowest BCUT2D eigenvalue weighted by atomic mass is 9.33. The number of nitrogens with one attached hydrogen (secondary N) is 1. The normalized spacial score (nSPS) is 40.9. The van der Waals surface area contributed by atoms with Crippen LogP contribution in [0.3, 0.4) is 0 Å². The number of hydrogen-bond donors (Lipinski definition) is 1. The van der Waals surface area contributed by atoms with Gasteiger partial charge in [-0.15, -0.1) is 0 Å². The lowest BCUT2D eigenvalue weighted by Gasteiger charge is -2.72. The molecule has 4 fully saturated rings. The van der Waals surface area contributed by atoms with E-state index in [0.717, 1.165) is 68.2 Å². The Morgan fingerprint density at radius 1 is 0.886 bits per heavy atom. The highest BCUT2D eigenvalue weighted by Gasteiger charge is 2.71. The Hall–Kier alpha value is -2.43. The van der Waals surface area contributed by atoms with Gasteiger partial charge in [0.2, 0.25) is 5.91 Å². The summed E-state index contributed by atoms with van der Waals surface area (Å²) in [5.74, 6) is 1.42. The topological polar surface area (TPSA) is 72.5 Å². The van der Waals surface area contributed by atoms with Gasteiger partial charge in [-0.2, -0.15) is 0 Å². The molecule has 240 valence electrons. The molecule has 4 saturated carbocycles. The number of carbonyl (C=O) groups is 3. The molecular weight excluding hydrogens is 546 g/mol. The first kappa shape index (κ1) is 31.5. The Balaban J connectivity index is 1.39. The predicted octanol–water partition coefficient (Wildman–Crippen LogP) is 8.85. The maximum absolute atomic E-state index is 14.5. The molecule has 0 heterocycles. The Morgan fingerprint density at radius 3 is 2.25 bits per heavy atom. The van der Waals surface area contributed by atoms with Crippen molar-refractivity contribution in [3.05, 3.63) is 41.0 Å². The van der Waals surface area contributed by atoms with Crippen molar-refractivity contribution < 1.29 is 19.1 Å². The highest BCUT2D eigenvalue weighted by molar-refractivity contribution is 6.10. The van der Waals surface area contributed by atoms with Gasteiger partial charge in [0.15, 0.2) is 5.78 Å². The van der Waals surface area contributed by atoms with E-state index in [1.807, 2.05) is 31.2 Å². The number of fused-ring (bicyclic) bond motifs is 7. The number of anilines is 1. The fourth-order valence-electron chi connectivity index (χ4n) is 12.2. The molecular formula is C39H55NO4. The number of Topliss-reactive ketones (excluding diaryl/α,β-unsaturated/α-hetero) is 1. The van der Waals surface area contributed by atoms with E-state index < -0.39 is 5.41 Å². The zero-order valence-electron chi connectivity index (χ0n) is 28.7. The summed E-state index contributed by atoms with van der Waals surface area (Å²) < 4.78 is 5.93. The number of rotatable bonds is 4. The number of benzene rings is 1. The smallest absolute Gasteiger partial charge is 0.302 e. The fourth-order valence-corrected chi connectivity index (χ4v) is 12.2. The molecule has 0 radical (unpaired) electrons. The number of carbonyl (C=O) groups excluding carboxylic acids is 3. The van der Waals surface area contributed by atoms with E-state index >= 15 is 0 Å². The van der Waals surface area contributed by atoms with Crippen LogP contribution in [0, 0.1) is 57.7 Å². The van der Waals surface area contributed by atoms with Gasteiger partial charge in [0, 0.05) is 24.4 Å². The maximum Gasteiger partial charge on any atom is 0.302 e. The number of para-hydroxylation sites is 1. The van der Waals surface area contributed by atoms with E-state index in [4.69, 9.17) is 4.74 Å². The summed E-state index contributed by atoms with van der Waals surface area (Å²) in [4.78, 5) is 40.4. The average molecular weight is 602 g/mol. The fraction of sp³-hybridized carbons (Fsp3) is 0.718. The van der Waals surface area contributed by atoms with Crippen molar-refractivity contribution >= 4 is 23.3 Å². The summed E-state index contributed by atoms with van der Waals surface area (Å²) in [6.07, 6.45) is 8.41. The number of allylic oxidation sites excluding steroid dienone is 1. The summed E-state index contributed by atoms with van der Waals surface area (Å²) in [7, 11) is 0. The van der Waals surface area contributed by atoms with Gasteiger partial charge in [-0.3, -0.25) is 14.4 Å². The molecule has 0 unspecified atom stereocenters. The third kappa shape index (κ3) is 4.19. The van der Waals surface area contributed by atoms with Gasteiger partial charge in [-0.1, -0.05) is 66.7 Å². The van der Waals surface area contributed by atoms with Crippen molar-refractivity contribution in [2.75, 3.05) is 5.32 Å². The van der Waals surface area contributed by atoms with Crippen molar-refractivity contribution in [2.45, 2.75) is 126 Å². The van der Waals surface area contributed by atoms with E-state index in [2.05, 4.69) is 53.8 Å². The molecule has 1 aromatic rings. The first-order valence-electron chi connectivity index (χ1n) is 17.3. The van der Waals surface area contributed by atoms with Crippen molar-refractivity contribution in [3.8, 4) is 0 Å². The molecule has 0 saturated heterocycles. The molecule has 0 spiro atoms. The number of hydrogen-bond acceptors (Lipinski definition) is 4. The standard InChI is InChI=1S/C39H55NO4/c1-23(2)32-28(42)22-39(34(43)40-27-13-11-10-12-24(27)3)21-20-37(8)26(33(32)39)14-15-30-36(7)18-17-31(44-25(4)41)35(5,6)29(36)16-19-38(30,37)9/h10-13,23,26,29-31H,14-22H2,1-9H3,(H,40,43)/t26-,29+,30-,31+,36+,37-,38-,39-/m1/s1. The number of aryl methyl sites for hydroxylation is 1. The molecule has 44 heavy (non-hydrogen) atoms. The molecule has 1 aromatic carbocycles. The molecule has 5 nitrogen and oxygen atoms in total. The van der Waals surface area contributed by atoms with Crippen molar-refractivity contribution in [1.29, 1.82) is 0 Å². The van der Waals surface area contributed by atoms with E-state index in [1.165, 1.54) is 5.57 Å². The zero-order valence-corrected chi connectivity index (χ0v) is 28.7. The minimum Gasteiger partial charge on any atom is -0.462 e. The second-order valence-electron chi connectivity index (χ2n) is 17.0. The molecule has 8 atom stereocenters. The molecule has 0 bridgehead atoms. The highest BCUT2D eigenvalue weighted by atomic mass is 16.5. The summed E-state index contributed by atoms with van der Waals surface area (Å²) >= 11 is 0. The van der Waals surface area contributed by atoms with Crippen LogP contribution in [0.4, 0.5) is 5.69 Å². The Bertz CT molecular complexity index is 1420. The van der Waals surface area contributed by atoms with Gasteiger partial charge in [0.05, 0.1) is 5.41 Å². The number of ether oxygens (including phenoxy) is 1. The van der Waals surface area contributed by atoms with Gasteiger partial charge >= 0.3 is 5.97 Å².